The second-order valence-corrected chi connectivity index (χ2v) is 0.992. The molecule has 0 spiro atoms. The molecule has 2 N–H and O–H groups in total. The highest BCUT2D eigenvalue weighted by atomic mass is 16.5. The molecule has 0 aromatic carbocycles. The van der Waals surface area contributed by atoms with Crippen molar-refractivity contribution in [1.82, 2.24) is 0 Å². The lowest BCUT2D eigenvalue weighted by atomic mass is 10.7. The Morgan fingerprint density at radius 2 is 2.00 bits per heavy atom. The zero-order chi connectivity index (χ0) is 7.70. The fraction of sp³-hybridized carbons (Fsp3) is 0.800. The van der Waals surface area contributed by atoms with E-state index in [-0.39, 0.29) is 12.4 Å². The third-order valence-corrected chi connectivity index (χ3v) is 0.416. The summed E-state index contributed by atoms with van der Waals surface area (Å²) in [6, 6.07) is 0. The average molecular weight is 131 g/mol. The smallest absolute Gasteiger partial charge is 0.168 e. The van der Waals surface area contributed by atoms with Crippen molar-refractivity contribution < 1.29 is 4.74 Å². The van der Waals surface area contributed by atoms with Gasteiger partial charge in [0, 0.05) is 7.11 Å². The molecule has 0 aromatic rings. The van der Waals surface area contributed by atoms with E-state index in [1.807, 2.05) is 13.8 Å². The minimum atomic E-state index is -0.0532. The molecule has 0 aliphatic rings. The number of methoxy groups -OCH3 is 1. The van der Waals surface area contributed by atoms with E-state index in [1.165, 1.54) is 7.11 Å². The van der Waals surface area contributed by atoms with Crippen LogP contribution >= 0.6 is 0 Å². The topological polar surface area (TPSA) is 69.3 Å². The second-order valence-electron chi connectivity index (χ2n) is 0.992. The number of amidine groups is 1. The van der Waals surface area contributed by atoms with Gasteiger partial charge in [0.15, 0.2) is 5.84 Å². The summed E-state index contributed by atoms with van der Waals surface area (Å²) in [6.45, 7) is 4.13. The molecule has 0 amide bonds. The lowest BCUT2D eigenvalue weighted by Crippen LogP contribution is -1.99. The molecule has 0 atom stereocenters. The monoisotopic (exact) mass is 131 g/mol. The van der Waals surface area contributed by atoms with Crippen LogP contribution in [0.2, 0.25) is 0 Å². The summed E-state index contributed by atoms with van der Waals surface area (Å²) in [4.78, 5) is 0. The molecule has 0 saturated carbocycles. The van der Waals surface area contributed by atoms with E-state index < -0.39 is 0 Å². The van der Waals surface area contributed by atoms with Gasteiger partial charge in [0.1, 0.15) is 6.61 Å². The van der Waals surface area contributed by atoms with Gasteiger partial charge in [0.05, 0.1) is 0 Å². The van der Waals surface area contributed by atoms with Crippen LogP contribution in [-0.4, -0.2) is 19.6 Å². The Kier molecular flexibility index (Phi) is 12.6. The predicted molar refractivity (Wildman–Crippen MR) is 36.1 cm³/mol. The summed E-state index contributed by atoms with van der Waals surface area (Å²) < 4.78 is 4.46. The summed E-state index contributed by atoms with van der Waals surface area (Å²) in [7, 11) is 1.46. The molecule has 0 fully saturated rings. The highest BCUT2D eigenvalue weighted by Crippen LogP contribution is 1.72. The van der Waals surface area contributed by atoms with Gasteiger partial charge in [-0.15, -0.1) is 5.11 Å². The van der Waals surface area contributed by atoms with E-state index in [1.54, 1.807) is 0 Å². The Bertz CT molecular complexity index is 82.3. The highest BCUT2D eigenvalue weighted by Gasteiger charge is 1.85. The summed E-state index contributed by atoms with van der Waals surface area (Å²) in [5.41, 5.74) is 6.23. The quantitative estimate of drug-likeness (QED) is 0.334. The van der Waals surface area contributed by atoms with Crippen molar-refractivity contribution in [1.29, 1.82) is 10.9 Å². The van der Waals surface area contributed by atoms with Gasteiger partial charge in [-0.25, -0.2) is 5.53 Å². The molecule has 0 saturated heterocycles. The van der Waals surface area contributed by atoms with Gasteiger partial charge >= 0.3 is 0 Å². The van der Waals surface area contributed by atoms with Crippen molar-refractivity contribution in [2.24, 2.45) is 5.11 Å². The summed E-state index contributed by atoms with van der Waals surface area (Å²) in [6.07, 6.45) is 0. The average Bonchev–Trinajstić information content (AvgIpc) is 1.93. The standard InChI is InChI=1S/C3H7N3O.C2H6/c1-7-2-3(4)6-5;1-2/h4-5H,2H2,1H3;1-2H3. The molecule has 0 unspecified atom stereocenters. The number of hydrogen-bond acceptors (Lipinski definition) is 3. The normalized spacial score (nSPS) is 7.00. The van der Waals surface area contributed by atoms with Gasteiger partial charge in [0.2, 0.25) is 0 Å². The first kappa shape index (κ1) is 11.1. The zero-order valence-corrected chi connectivity index (χ0v) is 6.06. The lowest BCUT2D eigenvalue weighted by Gasteiger charge is -1.88. The minimum absolute atomic E-state index is 0.0532. The van der Waals surface area contributed by atoms with Gasteiger partial charge in [-0.2, -0.15) is 0 Å². The van der Waals surface area contributed by atoms with Crippen LogP contribution in [0.25, 0.3) is 0 Å². The van der Waals surface area contributed by atoms with Gasteiger partial charge in [-0.05, 0) is 0 Å². The van der Waals surface area contributed by atoms with Crippen molar-refractivity contribution in [3.8, 4) is 0 Å². The number of hydrogen-bond donors (Lipinski definition) is 2. The van der Waals surface area contributed by atoms with Crippen molar-refractivity contribution in [2.45, 2.75) is 13.8 Å². The Labute approximate surface area is 55.2 Å². The van der Waals surface area contributed by atoms with E-state index in [4.69, 9.17) is 10.9 Å². The van der Waals surface area contributed by atoms with Crippen molar-refractivity contribution in [3.63, 3.8) is 0 Å². The number of rotatable bonds is 2. The third-order valence-electron chi connectivity index (χ3n) is 0.416. The highest BCUT2D eigenvalue weighted by molar-refractivity contribution is 5.80. The fourth-order valence-electron chi connectivity index (χ4n) is 0.169. The predicted octanol–water partition coefficient (Wildman–Crippen LogP) is 1.67. The largest absolute Gasteiger partial charge is 0.377 e. The molecule has 4 heteroatoms. The zero-order valence-electron chi connectivity index (χ0n) is 6.06. The van der Waals surface area contributed by atoms with Crippen LogP contribution in [0.15, 0.2) is 5.11 Å². The number of nitrogens with zero attached hydrogens (tertiary/aromatic N) is 1. The van der Waals surface area contributed by atoms with Gasteiger partial charge in [-0.1, -0.05) is 13.8 Å². The molecule has 0 heterocycles. The van der Waals surface area contributed by atoms with Crippen LogP contribution in [-0.2, 0) is 4.74 Å². The summed E-state index contributed by atoms with van der Waals surface area (Å²) in [5, 5.41) is 9.44. The Hall–Kier alpha value is -0.770. The minimum Gasteiger partial charge on any atom is -0.377 e. The Balaban J connectivity index is 0. The van der Waals surface area contributed by atoms with Gasteiger partial charge in [-0.3, -0.25) is 5.41 Å². The molecule has 4 nitrogen and oxygen atoms in total. The van der Waals surface area contributed by atoms with Crippen LogP contribution in [0.4, 0.5) is 0 Å². The molecule has 54 valence electrons. The lowest BCUT2D eigenvalue weighted by molar-refractivity contribution is 0.243. The molecule has 0 aliphatic carbocycles. The molecule has 9 heavy (non-hydrogen) atoms. The maximum absolute atomic E-state index is 6.66. The van der Waals surface area contributed by atoms with Crippen LogP contribution in [0.3, 0.4) is 0 Å². The Morgan fingerprint density at radius 3 is 2.11 bits per heavy atom. The summed E-state index contributed by atoms with van der Waals surface area (Å²) in [5.74, 6) is -0.0532. The van der Waals surface area contributed by atoms with Crippen molar-refractivity contribution >= 4 is 5.84 Å². The van der Waals surface area contributed by atoms with E-state index in [2.05, 4.69) is 9.85 Å². The first-order chi connectivity index (χ1) is 4.31. The maximum atomic E-state index is 6.66. The molecule has 0 bridgehead atoms. The number of ether oxygens (including phenoxy) is 1. The van der Waals surface area contributed by atoms with Crippen molar-refractivity contribution in [3.05, 3.63) is 0 Å². The van der Waals surface area contributed by atoms with Gasteiger partial charge < -0.3 is 4.74 Å². The maximum Gasteiger partial charge on any atom is 0.168 e. The molecule has 0 aliphatic heterocycles. The Morgan fingerprint density at radius 1 is 1.56 bits per heavy atom. The van der Waals surface area contributed by atoms with Crippen molar-refractivity contribution in [2.75, 3.05) is 13.7 Å². The third kappa shape index (κ3) is 11.1. The number of nitrogens with one attached hydrogen (secondary N) is 2. The summed E-state index contributed by atoms with van der Waals surface area (Å²) >= 11 is 0. The van der Waals surface area contributed by atoms with Crippen LogP contribution in [0, 0.1) is 10.9 Å². The van der Waals surface area contributed by atoms with Crippen LogP contribution < -0.4 is 0 Å². The van der Waals surface area contributed by atoms with Crippen LogP contribution in [0.1, 0.15) is 13.8 Å². The second kappa shape index (κ2) is 10.3. The molecule has 0 aromatic heterocycles. The first-order valence-corrected chi connectivity index (χ1v) is 2.75. The first-order valence-electron chi connectivity index (χ1n) is 2.75. The van der Waals surface area contributed by atoms with Crippen LogP contribution in [0.5, 0.6) is 0 Å². The van der Waals surface area contributed by atoms with Gasteiger partial charge in [0.25, 0.3) is 0 Å². The molecule has 0 rings (SSSR count). The van der Waals surface area contributed by atoms with E-state index in [0.29, 0.717) is 0 Å². The molecule has 0 radical (unpaired) electrons. The molecular weight excluding hydrogens is 118 g/mol. The SMILES string of the molecule is CC.COCC(=N)N=N. The van der Waals surface area contributed by atoms with E-state index in [9.17, 15) is 0 Å². The molecular formula is C5H13N3O. The fourth-order valence-corrected chi connectivity index (χ4v) is 0.169. The van der Waals surface area contributed by atoms with E-state index >= 15 is 0 Å². The van der Waals surface area contributed by atoms with E-state index in [0.717, 1.165) is 0 Å².